The second kappa shape index (κ2) is 9.85. The van der Waals surface area contributed by atoms with E-state index >= 15 is 0 Å². The highest BCUT2D eigenvalue weighted by Gasteiger charge is 2.23. The van der Waals surface area contributed by atoms with Gasteiger partial charge in [0.1, 0.15) is 5.75 Å². The summed E-state index contributed by atoms with van der Waals surface area (Å²) in [5.74, 6) is 2.79. The molecular formula is C28H27N5O4. The molecule has 0 atom stereocenters. The van der Waals surface area contributed by atoms with Gasteiger partial charge in [0.2, 0.25) is 6.79 Å². The number of methoxy groups -OCH3 is 1. The van der Waals surface area contributed by atoms with Crippen molar-refractivity contribution in [2.75, 3.05) is 49.9 Å². The second-order valence-electron chi connectivity index (χ2n) is 8.96. The number of nitrogens with zero attached hydrogens (tertiary/aromatic N) is 4. The van der Waals surface area contributed by atoms with E-state index in [1.165, 1.54) is 5.69 Å². The van der Waals surface area contributed by atoms with Gasteiger partial charge in [-0.2, -0.15) is 0 Å². The number of fused-ring (bicyclic) bond motifs is 2. The summed E-state index contributed by atoms with van der Waals surface area (Å²) >= 11 is 0. The normalized spacial score (nSPS) is 14.6. The number of anilines is 2. The molecule has 9 nitrogen and oxygen atoms in total. The molecule has 2 aliphatic rings. The molecular weight excluding hydrogens is 470 g/mol. The van der Waals surface area contributed by atoms with E-state index in [1.807, 2.05) is 54.6 Å². The van der Waals surface area contributed by atoms with Crippen LogP contribution in [0.25, 0.3) is 10.8 Å². The minimum atomic E-state index is -0.266. The Labute approximate surface area is 214 Å². The van der Waals surface area contributed by atoms with E-state index in [0.29, 0.717) is 23.7 Å². The molecule has 0 unspecified atom stereocenters. The van der Waals surface area contributed by atoms with Crippen LogP contribution in [0.4, 0.5) is 11.5 Å². The largest absolute Gasteiger partial charge is 0.497 e. The SMILES string of the molecule is COc1ccc(N2CCN(c3nnc(C(=O)NCc4ccc5c(c4)OCO5)c4ccccc34)CC2)cc1. The highest BCUT2D eigenvalue weighted by atomic mass is 16.7. The van der Waals surface area contributed by atoms with Gasteiger partial charge in [-0.15, -0.1) is 10.2 Å². The van der Waals surface area contributed by atoms with Crippen LogP contribution < -0.4 is 29.3 Å². The summed E-state index contributed by atoms with van der Waals surface area (Å²) in [6.07, 6.45) is 0. The molecule has 1 amide bonds. The van der Waals surface area contributed by atoms with Crippen LogP contribution in [0.5, 0.6) is 17.2 Å². The van der Waals surface area contributed by atoms with E-state index in [1.54, 1.807) is 7.11 Å². The maximum absolute atomic E-state index is 13.1. The summed E-state index contributed by atoms with van der Waals surface area (Å²) < 4.78 is 16.1. The van der Waals surface area contributed by atoms with Crippen LogP contribution in [0.2, 0.25) is 0 Å². The topological polar surface area (TPSA) is 89.1 Å². The van der Waals surface area contributed by atoms with E-state index in [4.69, 9.17) is 14.2 Å². The third-order valence-corrected chi connectivity index (χ3v) is 6.79. The molecule has 0 spiro atoms. The molecule has 6 rings (SSSR count). The number of piperazine rings is 1. The van der Waals surface area contributed by atoms with Crippen LogP contribution in [0.3, 0.4) is 0 Å². The van der Waals surface area contributed by atoms with E-state index in [2.05, 4.69) is 37.4 Å². The quantitative estimate of drug-likeness (QED) is 0.432. The van der Waals surface area contributed by atoms with Crippen molar-refractivity contribution in [2.24, 2.45) is 0 Å². The second-order valence-corrected chi connectivity index (χ2v) is 8.96. The van der Waals surface area contributed by atoms with Crippen molar-refractivity contribution in [2.45, 2.75) is 6.54 Å². The summed E-state index contributed by atoms with van der Waals surface area (Å²) in [4.78, 5) is 17.7. The first-order chi connectivity index (χ1) is 18.2. The fourth-order valence-electron chi connectivity index (χ4n) is 4.78. The summed E-state index contributed by atoms with van der Waals surface area (Å²) in [5.41, 5.74) is 2.41. The Morgan fingerprint density at radius 3 is 2.41 bits per heavy atom. The summed E-state index contributed by atoms with van der Waals surface area (Å²) in [6.45, 7) is 3.90. The Morgan fingerprint density at radius 1 is 0.892 bits per heavy atom. The monoisotopic (exact) mass is 497 g/mol. The number of carbonyl (C=O) groups is 1. The summed E-state index contributed by atoms with van der Waals surface area (Å²) in [5, 5.41) is 13.6. The van der Waals surface area contributed by atoms with Crippen LogP contribution >= 0.6 is 0 Å². The number of hydrogen-bond donors (Lipinski definition) is 1. The van der Waals surface area contributed by atoms with Crippen molar-refractivity contribution in [3.8, 4) is 17.2 Å². The Morgan fingerprint density at radius 2 is 1.62 bits per heavy atom. The first-order valence-corrected chi connectivity index (χ1v) is 12.3. The molecule has 0 saturated carbocycles. The average Bonchev–Trinajstić information content (AvgIpc) is 3.44. The van der Waals surface area contributed by atoms with Gasteiger partial charge in [0.25, 0.3) is 5.91 Å². The predicted octanol–water partition coefficient (Wildman–Crippen LogP) is 3.62. The zero-order chi connectivity index (χ0) is 25.2. The van der Waals surface area contributed by atoms with Crippen molar-refractivity contribution in [1.82, 2.24) is 15.5 Å². The number of rotatable bonds is 6. The molecule has 37 heavy (non-hydrogen) atoms. The van der Waals surface area contributed by atoms with Gasteiger partial charge in [-0.25, -0.2) is 0 Å². The Kier molecular flexibility index (Phi) is 6.10. The van der Waals surface area contributed by atoms with Crippen LogP contribution in [0, 0.1) is 0 Å². The number of carbonyl (C=O) groups excluding carboxylic acids is 1. The van der Waals surface area contributed by atoms with Crippen molar-refractivity contribution in [3.05, 3.63) is 78.0 Å². The summed E-state index contributed by atoms with van der Waals surface area (Å²) in [6, 6.07) is 21.6. The van der Waals surface area contributed by atoms with Crippen molar-refractivity contribution < 1.29 is 19.0 Å². The number of aromatic nitrogens is 2. The lowest BCUT2D eigenvalue weighted by molar-refractivity contribution is 0.0946. The maximum Gasteiger partial charge on any atom is 0.272 e. The van der Waals surface area contributed by atoms with Crippen molar-refractivity contribution in [3.63, 3.8) is 0 Å². The number of benzene rings is 3. The Bertz CT molecular complexity index is 1430. The van der Waals surface area contributed by atoms with Gasteiger partial charge in [-0.1, -0.05) is 30.3 Å². The lowest BCUT2D eigenvalue weighted by Crippen LogP contribution is -2.47. The third kappa shape index (κ3) is 4.55. The standard InChI is InChI=1S/C28H27N5O4/c1-35-21-9-7-20(8-10-21)32-12-14-33(15-13-32)27-23-5-3-2-4-22(23)26(30-31-27)28(34)29-17-19-6-11-24-25(16-19)37-18-36-24/h2-11,16H,12-15,17-18H2,1H3,(H,29,34). The van der Waals surface area contributed by atoms with Crippen molar-refractivity contribution >= 4 is 28.2 Å². The summed E-state index contributed by atoms with van der Waals surface area (Å²) in [7, 11) is 1.67. The van der Waals surface area contributed by atoms with E-state index in [9.17, 15) is 4.79 Å². The number of nitrogens with one attached hydrogen (secondary N) is 1. The van der Waals surface area contributed by atoms with Crippen LogP contribution in [-0.2, 0) is 6.54 Å². The molecule has 3 heterocycles. The molecule has 3 aromatic carbocycles. The molecule has 0 bridgehead atoms. The number of amides is 1. The highest BCUT2D eigenvalue weighted by Crippen LogP contribution is 2.32. The van der Waals surface area contributed by atoms with E-state index in [-0.39, 0.29) is 12.7 Å². The molecule has 1 saturated heterocycles. The molecule has 1 N–H and O–H groups in total. The Balaban J connectivity index is 1.17. The molecule has 2 aliphatic heterocycles. The lowest BCUT2D eigenvalue weighted by Gasteiger charge is -2.37. The van der Waals surface area contributed by atoms with Gasteiger partial charge < -0.3 is 29.3 Å². The third-order valence-electron chi connectivity index (χ3n) is 6.79. The molecule has 4 aromatic rings. The van der Waals surface area contributed by atoms with Gasteiger partial charge in [0.15, 0.2) is 23.0 Å². The fourth-order valence-corrected chi connectivity index (χ4v) is 4.78. The molecule has 0 radical (unpaired) electrons. The Hall–Kier alpha value is -4.53. The highest BCUT2D eigenvalue weighted by molar-refractivity contribution is 6.07. The molecule has 1 fully saturated rings. The lowest BCUT2D eigenvalue weighted by atomic mass is 10.1. The van der Waals surface area contributed by atoms with Gasteiger partial charge >= 0.3 is 0 Å². The molecule has 1 aromatic heterocycles. The molecule has 188 valence electrons. The van der Waals surface area contributed by atoms with Crippen LogP contribution in [-0.4, -0.2) is 56.2 Å². The van der Waals surface area contributed by atoms with Crippen LogP contribution in [0.15, 0.2) is 66.7 Å². The van der Waals surface area contributed by atoms with E-state index < -0.39 is 0 Å². The molecule has 9 heteroatoms. The van der Waals surface area contributed by atoms with E-state index in [0.717, 1.165) is 54.1 Å². The first kappa shape index (κ1) is 22.9. The number of ether oxygens (including phenoxy) is 3. The number of hydrogen-bond acceptors (Lipinski definition) is 8. The fraction of sp³-hybridized carbons (Fsp3) is 0.250. The average molecular weight is 498 g/mol. The van der Waals surface area contributed by atoms with Crippen LogP contribution in [0.1, 0.15) is 16.1 Å². The zero-order valence-corrected chi connectivity index (χ0v) is 20.5. The predicted molar refractivity (Wildman–Crippen MR) is 141 cm³/mol. The van der Waals surface area contributed by atoms with Gasteiger partial charge in [-0.3, -0.25) is 4.79 Å². The zero-order valence-electron chi connectivity index (χ0n) is 20.5. The minimum absolute atomic E-state index is 0.218. The first-order valence-electron chi connectivity index (χ1n) is 12.3. The minimum Gasteiger partial charge on any atom is -0.497 e. The van der Waals surface area contributed by atoms with Crippen molar-refractivity contribution in [1.29, 1.82) is 0 Å². The van der Waals surface area contributed by atoms with Gasteiger partial charge in [0, 0.05) is 49.2 Å². The van der Waals surface area contributed by atoms with Gasteiger partial charge in [-0.05, 0) is 42.0 Å². The van der Waals surface area contributed by atoms with Gasteiger partial charge in [0.05, 0.1) is 7.11 Å². The maximum atomic E-state index is 13.1. The smallest absolute Gasteiger partial charge is 0.272 e. The molecule has 0 aliphatic carbocycles.